The van der Waals surface area contributed by atoms with Gasteiger partial charge in [0.2, 0.25) is 0 Å². The van der Waals surface area contributed by atoms with Crippen LogP contribution in [0.5, 0.6) is 0 Å². The Balaban J connectivity index is 2.99. The lowest BCUT2D eigenvalue weighted by Gasteiger charge is -2.22. The van der Waals surface area contributed by atoms with E-state index in [1.54, 1.807) is 6.07 Å². The zero-order valence-electron chi connectivity index (χ0n) is 9.79. The highest BCUT2D eigenvalue weighted by Gasteiger charge is 2.31. The van der Waals surface area contributed by atoms with E-state index in [-0.39, 0.29) is 6.10 Å². The Morgan fingerprint density at radius 3 is 2.47 bits per heavy atom. The van der Waals surface area contributed by atoms with Crippen molar-refractivity contribution < 1.29 is 17.9 Å². The first-order valence-electron chi connectivity index (χ1n) is 5.35. The SMILES string of the molecule is CCC(OC)C(N)c1cccc(C(F)(F)F)c1. The van der Waals surface area contributed by atoms with Crippen molar-refractivity contribution >= 4 is 0 Å². The van der Waals surface area contributed by atoms with Crippen molar-refractivity contribution in [2.45, 2.75) is 31.7 Å². The molecule has 0 bridgehead atoms. The molecule has 0 radical (unpaired) electrons. The van der Waals surface area contributed by atoms with Gasteiger partial charge in [-0.25, -0.2) is 0 Å². The number of hydrogen-bond donors (Lipinski definition) is 1. The van der Waals surface area contributed by atoms with Gasteiger partial charge in [-0.2, -0.15) is 13.2 Å². The lowest BCUT2D eigenvalue weighted by Crippen LogP contribution is -2.27. The van der Waals surface area contributed by atoms with Crippen LogP contribution in [0, 0.1) is 0 Å². The third kappa shape index (κ3) is 3.44. The van der Waals surface area contributed by atoms with Crippen LogP contribution in [0.15, 0.2) is 24.3 Å². The topological polar surface area (TPSA) is 35.2 Å². The number of hydrogen-bond acceptors (Lipinski definition) is 2. The monoisotopic (exact) mass is 247 g/mol. The highest BCUT2D eigenvalue weighted by molar-refractivity contribution is 5.28. The third-order valence-electron chi connectivity index (χ3n) is 2.70. The third-order valence-corrected chi connectivity index (χ3v) is 2.70. The summed E-state index contributed by atoms with van der Waals surface area (Å²) >= 11 is 0. The van der Waals surface area contributed by atoms with Crippen LogP contribution in [0.1, 0.15) is 30.5 Å². The maximum Gasteiger partial charge on any atom is 0.416 e. The van der Waals surface area contributed by atoms with Gasteiger partial charge in [0, 0.05) is 7.11 Å². The molecular weight excluding hydrogens is 231 g/mol. The predicted octanol–water partition coefficient (Wildman–Crippen LogP) is 3.13. The van der Waals surface area contributed by atoms with Crippen molar-refractivity contribution in [3.8, 4) is 0 Å². The zero-order valence-corrected chi connectivity index (χ0v) is 9.79. The van der Waals surface area contributed by atoms with Gasteiger partial charge in [0.1, 0.15) is 0 Å². The predicted molar refractivity (Wildman–Crippen MR) is 59.5 cm³/mol. The highest BCUT2D eigenvalue weighted by atomic mass is 19.4. The van der Waals surface area contributed by atoms with Crippen molar-refractivity contribution in [3.63, 3.8) is 0 Å². The van der Waals surface area contributed by atoms with Crippen LogP contribution < -0.4 is 5.73 Å². The average Bonchev–Trinajstić information content (AvgIpc) is 2.29. The second-order valence-electron chi connectivity index (χ2n) is 3.83. The summed E-state index contributed by atoms with van der Waals surface area (Å²) in [5.41, 5.74) is 5.63. The minimum absolute atomic E-state index is 0.279. The van der Waals surface area contributed by atoms with Crippen molar-refractivity contribution in [1.82, 2.24) is 0 Å². The Hall–Kier alpha value is -1.07. The lowest BCUT2D eigenvalue weighted by molar-refractivity contribution is -0.137. The lowest BCUT2D eigenvalue weighted by atomic mass is 9.98. The maximum absolute atomic E-state index is 12.5. The summed E-state index contributed by atoms with van der Waals surface area (Å²) in [5, 5.41) is 0. The molecule has 0 saturated carbocycles. The van der Waals surface area contributed by atoms with Crippen LogP contribution in [0.4, 0.5) is 13.2 Å². The second kappa shape index (κ2) is 5.51. The molecule has 2 N–H and O–H groups in total. The van der Waals surface area contributed by atoms with Gasteiger partial charge in [0.25, 0.3) is 0 Å². The van der Waals surface area contributed by atoms with E-state index in [1.807, 2.05) is 6.92 Å². The molecule has 1 rings (SSSR count). The summed E-state index contributed by atoms with van der Waals surface area (Å²) in [6.07, 6.45) is -3.98. The number of halogens is 3. The molecule has 0 aliphatic carbocycles. The molecule has 2 unspecified atom stereocenters. The van der Waals surface area contributed by atoms with Crippen LogP contribution in [-0.4, -0.2) is 13.2 Å². The van der Waals surface area contributed by atoms with Crippen molar-refractivity contribution in [1.29, 1.82) is 0 Å². The molecule has 0 spiro atoms. The number of alkyl halides is 3. The molecule has 96 valence electrons. The smallest absolute Gasteiger partial charge is 0.379 e. The molecule has 0 amide bonds. The normalized spacial score (nSPS) is 15.6. The molecule has 1 aromatic carbocycles. The fourth-order valence-corrected chi connectivity index (χ4v) is 1.70. The molecule has 0 aromatic heterocycles. The molecule has 2 atom stereocenters. The Labute approximate surface area is 98.6 Å². The van der Waals surface area contributed by atoms with E-state index in [0.29, 0.717) is 12.0 Å². The summed E-state index contributed by atoms with van der Waals surface area (Å²) in [5.74, 6) is 0. The first kappa shape index (κ1) is 14.0. The summed E-state index contributed by atoms with van der Waals surface area (Å²) in [6, 6.07) is 4.51. The van der Waals surface area contributed by atoms with Crippen molar-refractivity contribution in [3.05, 3.63) is 35.4 Å². The average molecular weight is 247 g/mol. The molecule has 17 heavy (non-hydrogen) atoms. The number of nitrogens with two attached hydrogens (primary N) is 1. The van der Waals surface area contributed by atoms with Gasteiger partial charge in [-0.1, -0.05) is 19.1 Å². The maximum atomic E-state index is 12.5. The number of methoxy groups -OCH3 is 1. The molecule has 0 heterocycles. The fraction of sp³-hybridized carbons (Fsp3) is 0.500. The quantitative estimate of drug-likeness (QED) is 0.887. The highest BCUT2D eigenvalue weighted by Crippen LogP contribution is 2.31. The Kier molecular flexibility index (Phi) is 4.54. The fourth-order valence-electron chi connectivity index (χ4n) is 1.70. The van der Waals surface area contributed by atoms with E-state index in [4.69, 9.17) is 10.5 Å². The summed E-state index contributed by atoms with van der Waals surface area (Å²) in [4.78, 5) is 0. The van der Waals surface area contributed by atoms with Gasteiger partial charge in [-0.05, 0) is 24.1 Å². The molecule has 0 aliphatic rings. The van der Waals surface area contributed by atoms with Gasteiger partial charge in [0.15, 0.2) is 0 Å². The number of rotatable bonds is 4. The van der Waals surface area contributed by atoms with Crippen LogP contribution in [0.2, 0.25) is 0 Å². The molecule has 0 fully saturated rings. The second-order valence-corrected chi connectivity index (χ2v) is 3.83. The van der Waals surface area contributed by atoms with Gasteiger partial charge < -0.3 is 10.5 Å². The first-order chi connectivity index (χ1) is 7.90. The molecule has 0 saturated heterocycles. The molecule has 0 aliphatic heterocycles. The standard InChI is InChI=1S/C12H16F3NO/c1-3-10(17-2)11(16)8-5-4-6-9(7-8)12(13,14)15/h4-7,10-11H,3,16H2,1-2H3. The van der Waals surface area contributed by atoms with Gasteiger partial charge in [-0.3, -0.25) is 0 Å². The van der Waals surface area contributed by atoms with E-state index in [1.165, 1.54) is 13.2 Å². The van der Waals surface area contributed by atoms with E-state index < -0.39 is 17.8 Å². The van der Waals surface area contributed by atoms with Crippen LogP contribution in [0.25, 0.3) is 0 Å². The van der Waals surface area contributed by atoms with Gasteiger partial charge in [0.05, 0.1) is 17.7 Å². The van der Waals surface area contributed by atoms with Crippen molar-refractivity contribution in [2.24, 2.45) is 5.73 Å². The zero-order chi connectivity index (χ0) is 13.1. The molecule has 2 nitrogen and oxygen atoms in total. The van der Waals surface area contributed by atoms with Crippen LogP contribution in [0.3, 0.4) is 0 Å². The summed E-state index contributed by atoms with van der Waals surface area (Å²) < 4.78 is 42.7. The molecule has 1 aromatic rings. The number of benzene rings is 1. The largest absolute Gasteiger partial charge is 0.416 e. The van der Waals surface area contributed by atoms with E-state index in [0.717, 1.165) is 12.1 Å². The van der Waals surface area contributed by atoms with Crippen LogP contribution in [-0.2, 0) is 10.9 Å². The summed E-state index contributed by atoms with van der Waals surface area (Å²) in [7, 11) is 1.50. The van der Waals surface area contributed by atoms with Gasteiger partial charge >= 0.3 is 6.18 Å². The molecule has 5 heteroatoms. The van der Waals surface area contributed by atoms with Crippen molar-refractivity contribution in [2.75, 3.05) is 7.11 Å². The minimum Gasteiger partial charge on any atom is -0.379 e. The first-order valence-corrected chi connectivity index (χ1v) is 5.35. The van der Waals surface area contributed by atoms with E-state index >= 15 is 0 Å². The van der Waals surface area contributed by atoms with E-state index in [9.17, 15) is 13.2 Å². The molecular formula is C12H16F3NO. The van der Waals surface area contributed by atoms with Gasteiger partial charge in [-0.15, -0.1) is 0 Å². The Bertz CT molecular complexity index is 361. The Morgan fingerprint density at radius 2 is 2.00 bits per heavy atom. The minimum atomic E-state index is -4.34. The number of ether oxygens (including phenoxy) is 1. The summed E-state index contributed by atoms with van der Waals surface area (Å²) in [6.45, 7) is 1.88. The van der Waals surface area contributed by atoms with E-state index in [2.05, 4.69) is 0 Å². The van der Waals surface area contributed by atoms with Crippen LogP contribution >= 0.6 is 0 Å². The Morgan fingerprint density at radius 1 is 1.35 bits per heavy atom.